The maximum atomic E-state index is 13.2. The van der Waals surface area contributed by atoms with Crippen LogP contribution in [0.2, 0.25) is 10.0 Å². The van der Waals surface area contributed by atoms with Gasteiger partial charge in [-0.05, 0) is 64.2 Å². The lowest BCUT2D eigenvalue weighted by Gasteiger charge is -2.45. The van der Waals surface area contributed by atoms with Crippen LogP contribution in [-0.4, -0.2) is 34.8 Å². The topological polar surface area (TPSA) is 53.5 Å². The molecule has 1 saturated heterocycles. The molecule has 1 saturated carbocycles. The van der Waals surface area contributed by atoms with E-state index in [0.29, 0.717) is 10.0 Å². The quantitative estimate of drug-likeness (QED) is 0.479. The Hall–Kier alpha value is -0.0100. The first-order valence-corrected chi connectivity index (χ1v) is 13.0. The summed E-state index contributed by atoms with van der Waals surface area (Å²) in [5.74, 6) is 0. The molecular formula is C23H35Cl2NO3S. The summed E-state index contributed by atoms with van der Waals surface area (Å²) in [7, 11) is 0. The van der Waals surface area contributed by atoms with Crippen molar-refractivity contribution in [3.05, 3.63) is 33.8 Å². The van der Waals surface area contributed by atoms with Crippen LogP contribution in [0.1, 0.15) is 77.7 Å². The van der Waals surface area contributed by atoms with Gasteiger partial charge in [0.05, 0.1) is 29.3 Å². The smallest absolute Gasteiger partial charge is 0.157 e. The van der Waals surface area contributed by atoms with Crippen LogP contribution in [-0.2, 0) is 26.3 Å². The molecule has 0 bridgehead atoms. The van der Waals surface area contributed by atoms with Gasteiger partial charge in [-0.3, -0.25) is 0 Å². The Morgan fingerprint density at radius 1 is 1.10 bits per heavy atom. The van der Waals surface area contributed by atoms with E-state index in [4.69, 9.17) is 32.7 Å². The Morgan fingerprint density at radius 2 is 1.77 bits per heavy atom. The Labute approximate surface area is 194 Å². The van der Waals surface area contributed by atoms with E-state index in [1.165, 1.54) is 12.0 Å². The minimum absolute atomic E-state index is 0.0317. The first kappa shape index (κ1) is 24.6. The van der Waals surface area contributed by atoms with E-state index in [1.807, 2.05) is 32.9 Å². The average Bonchev–Trinajstić information content (AvgIpc) is 2.73. The van der Waals surface area contributed by atoms with Gasteiger partial charge >= 0.3 is 0 Å². The molecule has 2 atom stereocenters. The summed E-state index contributed by atoms with van der Waals surface area (Å²) in [6.45, 7) is 7.51. The molecule has 2 aliphatic rings. The fourth-order valence-corrected chi connectivity index (χ4v) is 5.84. The lowest BCUT2D eigenvalue weighted by atomic mass is 9.64. The van der Waals surface area contributed by atoms with Crippen LogP contribution < -0.4 is 4.72 Å². The van der Waals surface area contributed by atoms with Gasteiger partial charge in [0.1, 0.15) is 4.75 Å². The second-order valence-electron chi connectivity index (χ2n) is 9.50. The van der Waals surface area contributed by atoms with Crippen LogP contribution >= 0.6 is 23.2 Å². The minimum atomic E-state index is -1.18. The first-order valence-electron chi connectivity index (χ1n) is 11.1. The zero-order chi connectivity index (χ0) is 21.8. The van der Waals surface area contributed by atoms with Crippen molar-refractivity contribution in [1.82, 2.24) is 4.72 Å². The lowest BCUT2D eigenvalue weighted by molar-refractivity contribution is -0.182. The van der Waals surface area contributed by atoms with Crippen LogP contribution in [0, 0.1) is 0 Å². The summed E-state index contributed by atoms with van der Waals surface area (Å²) in [4.78, 5) is 0. The molecule has 0 radical (unpaired) electrons. The van der Waals surface area contributed by atoms with Gasteiger partial charge in [0.15, 0.2) is 6.29 Å². The second-order valence-corrected chi connectivity index (χ2v) is 12.3. The van der Waals surface area contributed by atoms with Crippen molar-refractivity contribution in [3.63, 3.8) is 0 Å². The fraction of sp³-hybridized carbons (Fsp3) is 0.739. The summed E-state index contributed by atoms with van der Waals surface area (Å²) in [5.41, 5.74) is 1.05. The van der Waals surface area contributed by atoms with E-state index in [2.05, 4.69) is 10.8 Å². The van der Waals surface area contributed by atoms with Crippen molar-refractivity contribution in [2.75, 3.05) is 13.2 Å². The molecule has 4 nitrogen and oxygen atoms in total. The van der Waals surface area contributed by atoms with Gasteiger partial charge in [-0.1, -0.05) is 48.5 Å². The van der Waals surface area contributed by atoms with Gasteiger partial charge < -0.3 is 14.0 Å². The number of nitrogens with one attached hydrogen (secondary N) is 1. The van der Waals surface area contributed by atoms with Crippen molar-refractivity contribution >= 4 is 34.6 Å². The molecule has 1 aromatic carbocycles. The van der Waals surface area contributed by atoms with Gasteiger partial charge in [0, 0.05) is 23.2 Å². The summed E-state index contributed by atoms with van der Waals surface area (Å²) in [5, 5.41) is 1.15. The molecule has 0 aromatic heterocycles. The number of rotatable bonds is 7. The van der Waals surface area contributed by atoms with E-state index < -0.39 is 11.4 Å². The van der Waals surface area contributed by atoms with Crippen LogP contribution in [0.25, 0.3) is 0 Å². The summed E-state index contributed by atoms with van der Waals surface area (Å²) >= 11 is 11.5. The summed E-state index contributed by atoms with van der Waals surface area (Å²) in [6, 6.07) is 6.03. The van der Waals surface area contributed by atoms with Gasteiger partial charge in [-0.25, -0.2) is 0 Å². The Balaban J connectivity index is 1.91. The maximum Gasteiger partial charge on any atom is 0.157 e. The molecule has 3 rings (SSSR count). The highest BCUT2D eigenvalue weighted by molar-refractivity contribution is 7.90. The van der Waals surface area contributed by atoms with Crippen molar-refractivity contribution in [2.45, 2.75) is 94.6 Å². The zero-order valence-electron chi connectivity index (χ0n) is 18.3. The van der Waals surface area contributed by atoms with Crippen LogP contribution in [0.5, 0.6) is 0 Å². The van der Waals surface area contributed by atoms with E-state index in [1.54, 1.807) is 0 Å². The van der Waals surface area contributed by atoms with Gasteiger partial charge in [0.2, 0.25) is 0 Å². The van der Waals surface area contributed by atoms with Crippen molar-refractivity contribution in [3.8, 4) is 0 Å². The average molecular weight is 477 g/mol. The summed E-state index contributed by atoms with van der Waals surface area (Å²) < 4.78 is 27.9. The Kier molecular flexibility index (Phi) is 8.82. The zero-order valence-corrected chi connectivity index (χ0v) is 20.7. The molecule has 1 aromatic rings. The third-order valence-corrected chi connectivity index (χ3v) is 8.65. The van der Waals surface area contributed by atoms with Crippen LogP contribution in [0.15, 0.2) is 18.2 Å². The van der Waals surface area contributed by atoms with Crippen molar-refractivity contribution in [1.29, 1.82) is 0 Å². The Bertz CT molecular complexity index is 686. The van der Waals surface area contributed by atoms with E-state index in [0.717, 1.165) is 58.2 Å². The molecule has 0 amide bonds. The third-order valence-electron chi connectivity index (χ3n) is 6.30. The largest absolute Gasteiger partial charge is 0.598 e. The molecule has 1 aliphatic carbocycles. The molecule has 1 aliphatic heterocycles. The van der Waals surface area contributed by atoms with Crippen molar-refractivity contribution in [2.24, 2.45) is 0 Å². The van der Waals surface area contributed by atoms with E-state index in [-0.39, 0.29) is 22.5 Å². The number of halogens is 2. The molecule has 1 N–H and O–H groups in total. The highest BCUT2D eigenvalue weighted by Crippen LogP contribution is 2.45. The molecule has 0 spiro atoms. The molecule has 1 unspecified atom stereocenters. The maximum absolute atomic E-state index is 13.2. The SMILES string of the molecule is CC(C)(C)[S@@+]([O-])NC(CCC1OCCCO1)C1(c2ccc(Cl)c(Cl)c2)CCCCC1. The van der Waals surface area contributed by atoms with Crippen molar-refractivity contribution < 1.29 is 14.0 Å². The minimum Gasteiger partial charge on any atom is -0.598 e. The number of ether oxygens (including phenoxy) is 2. The van der Waals surface area contributed by atoms with Gasteiger partial charge in [-0.15, -0.1) is 4.72 Å². The van der Waals surface area contributed by atoms with E-state index in [9.17, 15) is 4.55 Å². The molecule has 170 valence electrons. The van der Waals surface area contributed by atoms with Crippen LogP contribution in [0.3, 0.4) is 0 Å². The molecule has 2 fully saturated rings. The first-order chi connectivity index (χ1) is 14.2. The highest BCUT2D eigenvalue weighted by Gasteiger charge is 2.45. The van der Waals surface area contributed by atoms with Crippen LogP contribution in [0.4, 0.5) is 0 Å². The number of hydrogen-bond acceptors (Lipinski definition) is 4. The lowest BCUT2D eigenvalue weighted by Crippen LogP contribution is -2.55. The molecular weight excluding hydrogens is 441 g/mol. The Morgan fingerprint density at radius 3 is 2.37 bits per heavy atom. The second kappa shape index (κ2) is 10.7. The molecule has 7 heteroatoms. The van der Waals surface area contributed by atoms with E-state index >= 15 is 0 Å². The highest BCUT2D eigenvalue weighted by atomic mass is 35.5. The van der Waals surface area contributed by atoms with Gasteiger partial charge in [-0.2, -0.15) is 0 Å². The molecule has 30 heavy (non-hydrogen) atoms. The molecule has 1 heterocycles. The number of benzene rings is 1. The standard InChI is InChI=1S/C23H35Cl2NO3S/c1-22(2,3)30(27)26-20(10-11-21-28-14-7-15-29-21)23(12-5-4-6-13-23)17-8-9-18(24)19(25)16-17/h8-9,16,20-21,26H,4-7,10-15H2,1-3H3/t20?,30-/m1/s1. The normalized spacial score (nSPS) is 22.6. The summed E-state index contributed by atoms with van der Waals surface area (Å²) in [6.07, 6.45) is 7.97. The number of hydrogen-bond donors (Lipinski definition) is 1. The monoisotopic (exact) mass is 475 g/mol. The van der Waals surface area contributed by atoms with Gasteiger partial charge in [0.25, 0.3) is 0 Å². The predicted molar refractivity (Wildman–Crippen MR) is 126 cm³/mol. The third kappa shape index (κ3) is 6.06. The predicted octanol–water partition coefficient (Wildman–Crippen LogP) is 6.16. The fourth-order valence-electron chi connectivity index (χ4n) is 4.59.